The van der Waals surface area contributed by atoms with Crippen molar-refractivity contribution in [2.24, 2.45) is 0 Å². The van der Waals surface area contributed by atoms with Crippen LogP contribution in [0.5, 0.6) is 5.75 Å². The van der Waals surface area contributed by atoms with E-state index in [1.165, 1.54) is 0 Å². The predicted molar refractivity (Wildman–Crippen MR) is 101 cm³/mol. The average Bonchev–Trinajstić information content (AvgIpc) is 2.67. The summed E-state index contributed by atoms with van der Waals surface area (Å²) >= 11 is 0. The summed E-state index contributed by atoms with van der Waals surface area (Å²) in [6, 6.07) is 12.7. The highest BCUT2D eigenvalue weighted by molar-refractivity contribution is 6.09. The molecule has 1 amide bonds. The number of nitrogens with zero attached hydrogens (tertiary/aromatic N) is 3. The number of hydrogen-bond donors (Lipinski definition) is 1. The van der Waals surface area contributed by atoms with E-state index < -0.39 is 0 Å². The molecule has 26 heavy (non-hydrogen) atoms. The lowest BCUT2D eigenvalue weighted by Crippen LogP contribution is -2.12. The molecule has 0 saturated heterocycles. The summed E-state index contributed by atoms with van der Waals surface area (Å²) in [4.78, 5) is 25.7. The highest BCUT2D eigenvalue weighted by atomic mass is 16.5. The van der Waals surface area contributed by atoms with Gasteiger partial charge in [0.1, 0.15) is 5.75 Å². The van der Waals surface area contributed by atoms with Crippen LogP contribution in [0.2, 0.25) is 0 Å². The number of amides is 1. The molecular formula is C20H16N4O2. The van der Waals surface area contributed by atoms with E-state index in [9.17, 15) is 4.79 Å². The molecule has 0 fully saturated rings. The Hall–Kier alpha value is -3.54. The number of benzene rings is 2. The molecule has 0 radical (unpaired) electrons. The monoisotopic (exact) mass is 344 g/mol. The van der Waals surface area contributed by atoms with Crippen LogP contribution in [-0.4, -0.2) is 28.0 Å². The number of carbonyl (C=O) groups excluding carboxylic acids is 1. The van der Waals surface area contributed by atoms with Gasteiger partial charge in [-0.2, -0.15) is 0 Å². The molecule has 0 unspecified atom stereocenters. The van der Waals surface area contributed by atoms with Gasteiger partial charge in [-0.3, -0.25) is 19.7 Å². The van der Waals surface area contributed by atoms with Gasteiger partial charge in [-0.25, -0.2) is 0 Å². The Bertz CT molecular complexity index is 1140. The van der Waals surface area contributed by atoms with Crippen molar-refractivity contribution in [3.05, 3.63) is 66.1 Å². The number of aryl methyl sites for hydroxylation is 1. The standard InChI is InChI=1S/C20H16N4O2/c1-12-9-18(15-11-14(26-2)4-6-16(15)23-12)24-20(25)13-3-5-17-19(10-13)22-8-7-21-17/h3-11H,1-2H3,(H,23,24,25). The fourth-order valence-electron chi connectivity index (χ4n) is 2.87. The maximum atomic E-state index is 12.8. The molecule has 6 heteroatoms. The van der Waals surface area contributed by atoms with Gasteiger partial charge in [-0.1, -0.05) is 0 Å². The second-order valence-corrected chi connectivity index (χ2v) is 5.91. The van der Waals surface area contributed by atoms with Crippen molar-refractivity contribution in [2.45, 2.75) is 6.92 Å². The van der Waals surface area contributed by atoms with Crippen LogP contribution in [0, 0.1) is 6.92 Å². The van der Waals surface area contributed by atoms with E-state index in [1.54, 1.807) is 37.7 Å². The Balaban J connectivity index is 1.74. The number of aromatic nitrogens is 3. The van der Waals surface area contributed by atoms with E-state index in [0.717, 1.165) is 22.1 Å². The van der Waals surface area contributed by atoms with Crippen LogP contribution in [0.3, 0.4) is 0 Å². The summed E-state index contributed by atoms with van der Waals surface area (Å²) in [7, 11) is 1.61. The summed E-state index contributed by atoms with van der Waals surface area (Å²) in [5.41, 5.74) is 4.25. The van der Waals surface area contributed by atoms with Gasteiger partial charge >= 0.3 is 0 Å². The highest BCUT2D eigenvalue weighted by Crippen LogP contribution is 2.27. The van der Waals surface area contributed by atoms with Crippen molar-refractivity contribution < 1.29 is 9.53 Å². The number of rotatable bonds is 3. The van der Waals surface area contributed by atoms with Gasteiger partial charge in [0.25, 0.3) is 5.91 Å². The smallest absolute Gasteiger partial charge is 0.255 e. The SMILES string of the molecule is COc1ccc2nc(C)cc(NC(=O)c3ccc4nccnc4c3)c2c1. The third-order valence-corrected chi connectivity index (χ3v) is 4.12. The lowest BCUT2D eigenvalue weighted by Gasteiger charge is -2.11. The molecule has 4 aromatic rings. The number of methoxy groups -OCH3 is 1. The summed E-state index contributed by atoms with van der Waals surface area (Å²) < 4.78 is 5.29. The number of hydrogen-bond acceptors (Lipinski definition) is 5. The van der Waals surface area contributed by atoms with E-state index >= 15 is 0 Å². The van der Waals surface area contributed by atoms with Crippen LogP contribution in [0.1, 0.15) is 16.1 Å². The molecule has 0 aliphatic heterocycles. The highest BCUT2D eigenvalue weighted by Gasteiger charge is 2.12. The van der Waals surface area contributed by atoms with Gasteiger partial charge in [-0.05, 0) is 49.4 Å². The molecule has 1 N–H and O–H groups in total. The van der Waals surface area contributed by atoms with Gasteiger partial charge in [0.2, 0.25) is 0 Å². The molecule has 0 aliphatic carbocycles. The van der Waals surface area contributed by atoms with Gasteiger partial charge in [0.05, 0.1) is 29.3 Å². The fourth-order valence-corrected chi connectivity index (χ4v) is 2.87. The van der Waals surface area contributed by atoms with E-state index in [1.807, 2.05) is 31.2 Å². The number of carbonyl (C=O) groups is 1. The van der Waals surface area contributed by atoms with Crippen LogP contribution >= 0.6 is 0 Å². The third-order valence-electron chi connectivity index (χ3n) is 4.12. The molecule has 4 rings (SSSR count). The van der Waals surface area contributed by atoms with Gasteiger partial charge in [0, 0.05) is 29.0 Å². The lowest BCUT2D eigenvalue weighted by atomic mass is 10.1. The van der Waals surface area contributed by atoms with Crippen molar-refractivity contribution in [2.75, 3.05) is 12.4 Å². The first-order valence-corrected chi connectivity index (χ1v) is 8.11. The van der Waals surface area contributed by atoms with Gasteiger partial charge in [-0.15, -0.1) is 0 Å². The summed E-state index contributed by atoms with van der Waals surface area (Å²) in [5.74, 6) is 0.493. The molecule has 2 heterocycles. The van der Waals surface area contributed by atoms with Crippen LogP contribution in [0.15, 0.2) is 54.9 Å². The normalized spacial score (nSPS) is 10.8. The molecule has 2 aromatic heterocycles. The molecule has 2 aromatic carbocycles. The maximum Gasteiger partial charge on any atom is 0.255 e. The number of anilines is 1. The molecule has 0 atom stereocenters. The van der Waals surface area contributed by atoms with Crippen LogP contribution in [0.4, 0.5) is 5.69 Å². The molecule has 0 bridgehead atoms. The van der Waals surface area contributed by atoms with Gasteiger partial charge in [0.15, 0.2) is 0 Å². The zero-order valence-corrected chi connectivity index (χ0v) is 14.4. The summed E-state index contributed by atoms with van der Waals surface area (Å²) in [6.07, 6.45) is 3.23. The first-order chi connectivity index (χ1) is 12.6. The average molecular weight is 344 g/mol. The number of nitrogens with one attached hydrogen (secondary N) is 1. The molecule has 0 spiro atoms. The Kier molecular flexibility index (Phi) is 3.93. The largest absolute Gasteiger partial charge is 0.497 e. The van der Waals surface area contributed by atoms with Gasteiger partial charge < -0.3 is 10.1 Å². The minimum Gasteiger partial charge on any atom is -0.497 e. The molecule has 0 saturated carbocycles. The number of ether oxygens (including phenoxy) is 1. The molecule has 128 valence electrons. The van der Waals surface area contributed by atoms with Crippen molar-refractivity contribution in [3.8, 4) is 5.75 Å². The topological polar surface area (TPSA) is 77.0 Å². The molecule has 6 nitrogen and oxygen atoms in total. The second-order valence-electron chi connectivity index (χ2n) is 5.91. The molecule has 0 aliphatic rings. The van der Waals surface area contributed by atoms with Crippen molar-refractivity contribution in [3.63, 3.8) is 0 Å². The summed E-state index contributed by atoms with van der Waals surface area (Å²) in [5, 5.41) is 3.80. The maximum absolute atomic E-state index is 12.8. The first kappa shape index (κ1) is 16.0. The van der Waals surface area contributed by atoms with E-state index in [-0.39, 0.29) is 5.91 Å². The predicted octanol–water partition coefficient (Wildman–Crippen LogP) is 3.75. The first-order valence-electron chi connectivity index (χ1n) is 8.11. The van der Waals surface area contributed by atoms with E-state index in [4.69, 9.17) is 4.74 Å². The quantitative estimate of drug-likeness (QED) is 0.612. The van der Waals surface area contributed by atoms with E-state index in [0.29, 0.717) is 22.5 Å². The Morgan fingerprint density at radius 3 is 2.54 bits per heavy atom. The minimum absolute atomic E-state index is 0.215. The number of fused-ring (bicyclic) bond motifs is 2. The van der Waals surface area contributed by atoms with Crippen LogP contribution in [-0.2, 0) is 0 Å². The molecular weight excluding hydrogens is 328 g/mol. The van der Waals surface area contributed by atoms with Crippen molar-refractivity contribution in [1.29, 1.82) is 0 Å². The second kappa shape index (κ2) is 6.40. The van der Waals surface area contributed by atoms with Crippen molar-refractivity contribution >= 4 is 33.5 Å². The Morgan fingerprint density at radius 2 is 1.73 bits per heavy atom. The number of pyridine rings is 1. The Morgan fingerprint density at radius 1 is 0.962 bits per heavy atom. The van der Waals surface area contributed by atoms with Crippen LogP contribution in [0.25, 0.3) is 21.9 Å². The van der Waals surface area contributed by atoms with E-state index in [2.05, 4.69) is 20.3 Å². The lowest BCUT2D eigenvalue weighted by molar-refractivity contribution is 0.102. The zero-order valence-electron chi connectivity index (χ0n) is 14.4. The third kappa shape index (κ3) is 2.93. The Labute approximate surface area is 149 Å². The fraction of sp³-hybridized carbons (Fsp3) is 0.100. The zero-order chi connectivity index (χ0) is 18.1. The van der Waals surface area contributed by atoms with Crippen molar-refractivity contribution in [1.82, 2.24) is 15.0 Å². The summed E-state index contributed by atoms with van der Waals surface area (Å²) in [6.45, 7) is 1.89. The minimum atomic E-state index is -0.215. The van der Waals surface area contributed by atoms with Crippen LogP contribution < -0.4 is 10.1 Å².